The summed E-state index contributed by atoms with van der Waals surface area (Å²) in [5.41, 5.74) is 3.43. The van der Waals surface area contributed by atoms with Crippen LogP contribution in [0.4, 0.5) is 19.0 Å². The van der Waals surface area contributed by atoms with E-state index in [0.29, 0.717) is 11.8 Å². The molecule has 4 rings (SSSR count). The fourth-order valence-electron chi connectivity index (χ4n) is 4.63. The number of hydrogen-bond donors (Lipinski definition) is 2. The summed E-state index contributed by atoms with van der Waals surface area (Å²) in [4.78, 5) is 34.6. The average molecular weight is 477 g/mol. The number of carbonyl (C=O) groups is 2. The molecule has 0 aliphatic carbocycles. The minimum Gasteiger partial charge on any atom is -0.462 e. The van der Waals surface area contributed by atoms with E-state index in [-0.39, 0.29) is 29.9 Å². The van der Waals surface area contributed by atoms with Crippen molar-refractivity contribution >= 4 is 17.6 Å². The molecular formula is C23H26F3N5O3. The molecule has 8 nitrogen and oxygen atoms in total. The Morgan fingerprint density at radius 2 is 1.74 bits per heavy atom. The van der Waals surface area contributed by atoms with Gasteiger partial charge in [-0.25, -0.2) is 9.97 Å². The van der Waals surface area contributed by atoms with E-state index in [2.05, 4.69) is 20.2 Å². The third-order valence-corrected chi connectivity index (χ3v) is 6.34. The number of primary amides is 1. The molecule has 2 aromatic rings. The molecular weight excluding hydrogens is 451 g/mol. The molecule has 34 heavy (non-hydrogen) atoms. The highest BCUT2D eigenvalue weighted by atomic mass is 19.4. The number of fused-ring (bicyclic) bond motifs is 2. The molecule has 2 aromatic heterocycles. The summed E-state index contributed by atoms with van der Waals surface area (Å²) in [6.45, 7) is 3.10. The molecule has 3 atom stereocenters. The predicted octanol–water partition coefficient (Wildman–Crippen LogP) is 3.07. The molecule has 2 aliphatic rings. The first-order valence-corrected chi connectivity index (χ1v) is 11.0. The van der Waals surface area contributed by atoms with Crippen LogP contribution in [-0.2, 0) is 11.0 Å². The monoisotopic (exact) mass is 477 g/mol. The van der Waals surface area contributed by atoms with Crippen molar-refractivity contribution in [3.05, 3.63) is 47.8 Å². The van der Waals surface area contributed by atoms with Crippen LogP contribution in [0.15, 0.2) is 36.7 Å². The number of amides is 2. The second-order valence-electron chi connectivity index (χ2n) is 9.20. The van der Waals surface area contributed by atoms with Gasteiger partial charge in [0.2, 0.25) is 11.8 Å². The van der Waals surface area contributed by atoms with Crippen molar-refractivity contribution in [3.63, 3.8) is 0 Å². The highest BCUT2D eigenvalue weighted by molar-refractivity contribution is 5.92. The summed E-state index contributed by atoms with van der Waals surface area (Å²) >= 11 is 0. The normalized spacial score (nSPS) is 22.4. The van der Waals surface area contributed by atoms with Gasteiger partial charge in [0.05, 0.1) is 11.1 Å². The maximum atomic E-state index is 12.9. The Labute approximate surface area is 194 Å². The van der Waals surface area contributed by atoms with Crippen LogP contribution in [0.5, 0.6) is 5.88 Å². The topological polar surface area (TPSA) is 110 Å². The first-order valence-electron chi connectivity index (χ1n) is 11.0. The lowest BCUT2D eigenvalue weighted by molar-refractivity contribution is -0.138. The molecule has 2 bridgehead atoms. The smallest absolute Gasteiger partial charge is 0.417 e. The van der Waals surface area contributed by atoms with Gasteiger partial charge < -0.3 is 20.7 Å². The van der Waals surface area contributed by atoms with E-state index in [9.17, 15) is 22.8 Å². The van der Waals surface area contributed by atoms with Crippen molar-refractivity contribution in [2.45, 2.75) is 69.4 Å². The van der Waals surface area contributed by atoms with Gasteiger partial charge in [-0.2, -0.15) is 13.2 Å². The molecule has 3 N–H and O–H groups in total. The third-order valence-electron chi connectivity index (χ3n) is 6.34. The van der Waals surface area contributed by atoms with Gasteiger partial charge >= 0.3 is 6.18 Å². The Balaban J connectivity index is 1.37. The summed E-state index contributed by atoms with van der Waals surface area (Å²) < 4.78 is 43.8. The predicted molar refractivity (Wildman–Crippen MR) is 117 cm³/mol. The molecule has 4 heterocycles. The molecule has 1 unspecified atom stereocenters. The van der Waals surface area contributed by atoms with E-state index in [1.165, 1.54) is 6.20 Å². The van der Waals surface area contributed by atoms with Gasteiger partial charge in [0.25, 0.3) is 5.91 Å². The summed E-state index contributed by atoms with van der Waals surface area (Å²) in [7, 11) is 0. The number of halogens is 3. The van der Waals surface area contributed by atoms with Crippen molar-refractivity contribution in [2.75, 3.05) is 4.90 Å². The molecule has 2 aliphatic heterocycles. The standard InChI is InChI=1S/C23H26F3N5O3/c1-22(2,34-19-8-4-14(12-29-19)23(24,25)26)21(33)30-15-9-16-5-6-17(10-15)31(16)18-7-3-13(11-28-18)20(27)32/h3-4,7-8,11-12,15-17H,5-6,9-10H2,1-2H3,(H2,27,32)(H,30,33)/t15?,16-,17+. The molecule has 0 radical (unpaired) electrons. The minimum absolute atomic E-state index is 0.0616. The van der Waals surface area contributed by atoms with Crippen LogP contribution in [0.25, 0.3) is 0 Å². The Bertz CT molecular complexity index is 1040. The number of pyridine rings is 2. The average Bonchev–Trinajstić information content (AvgIpc) is 3.03. The summed E-state index contributed by atoms with van der Waals surface area (Å²) in [6, 6.07) is 5.73. The minimum atomic E-state index is -4.49. The zero-order valence-corrected chi connectivity index (χ0v) is 18.8. The first kappa shape index (κ1) is 23.8. The third kappa shape index (κ3) is 4.92. The molecule has 182 valence electrons. The first-order chi connectivity index (χ1) is 15.9. The SMILES string of the molecule is CC(C)(Oc1ccc(C(F)(F)F)cn1)C(=O)NC1C[C@H]2CC[C@@H](C1)N2c1ccc(C(N)=O)cn1. The number of anilines is 1. The Kier molecular flexibility index (Phi) is 6.13. The number of alkyl halides is 3. The van der Waals surface area contributed by atoms with Crippen LogP contribution in [0.1, 0.15) is 55.5 Å². The van der Waals surface area contributed by atoms with Crippen molar-refractivity contribution in [1.29, 1.82) is 0 Å². The van der Waals surface area contributed by atoms with Gasteiger partial charge in [-0.1, -0.05) is 0 Å². The molecule has 2 saturated heterocycles. The quantitative estimate of drug-likeness (QED) is 0.662. The number of hydrogen-bond acceptors (Lipinski definition) is 6. The second-order valence-corrected chi connectivity index (χ2v) is 9.20. The maximum Gasteiger partial charge on any atom is 0.417 e. The van der Waals surface area contributed by atoms with Gasteiger partial charge in [-0.05, 0) is 57.7 Å². The molecule has 11 heteroatoms. The van der Waals surface area contributed by atoms with E-state index < -0.39 is 23.2 Å². The van der Waals surface area contributed by atoms with Crippen LogP contribution in [0, 0.1) is 0 Å². The lowest BCUT2D eigenvalue weighted by Crippen LogP contribution is -2.55. The number of aromatic nitrogens is 2. The van der Waals surface area contributed by atoms with Gasteiger partial charge in [0, 0.05) is 36.6 Å². The van der Waals surface area contributed by atoms with E-state index in [0.717, 1.165) is 43.6 Å². The molecule has 0 spiro atoms. The van der Waals surface area contributed by atoms with Crippen LogP contribution in [-0.4, -0.2) is 45.5 Å². The van der Waals surface area contributed by atoms with Crippen LogP contribution < -0.4 is 20.7 Å². The second kappa shape index (κ2) is 8.77. The number of nitrogens with one attached hydrogen (secondary N) is 1. The van der Waals surface area contributed by atoms with Gasteiger partial charge in [0.1, 0.15) is 5.82 Å². The summed E-state index contributed by atoms with van der Waals surface area (Å²) in [5.74, 6) is -0.177. The van der Waals surface area contributed by atoms with Crippen LogP contribution in [0.3, 0.4) is 0 Å². The largest absolute Gasteiger partial charge is 0.462 e. The van der Waals surface area contributed by atoms with Crippen molar-refractivity contribution in [3.8, 4) is 5.88 Å². The van der Waals surface area contributed by atoms with Crippen molar-refractivity contribution in [2.24, 2.45) is 5.73 Å². The van der Waals surface area contributed by atoms with Crippen molar-refractivity contribution in [1.82, 2.24) is 15.3 Å². The van der Waals surface area contributed by atoms with Crippen LogP contribution in [0.2, 0.25) is 0 Å². The highest BCUT2D eigenvalue weighted by Gasteiger charge is 2.43. The number of nitrogens with zero attached hydrogens (tertiary/aromatic N) is 3. The molecule has 0 saturated carbocycles. The van der Waals surface area contributed by atoms with Crippen LogP contribution >= 0.6 is 0 Å². The van der Waals surface area contributed by atoms with Crippen molar-refractivity contribution < 1.29 is 27.5 Å². The number of ether oxygens (including phenoxy) is 1. The fraction of sp³-hybridized carbons (Fsp3) is 0.478. The highest BCUT2D eigenvalue weighted by Crippen LogP contribution is 2.38. The maximum absolute atomic E-state index is 12.9. The molecule has 2 amide bonds. The van der Waals surface area contributed by atoms with Gasteiger partial charge in [-0.15, -0.1) is 0 Å². The van der Waals surface area contributed by atoms with Gasteiger partial charge in [0.15, 0.2) is 5.60 Å². The van der Waals surface area contributed by atoms with E-state index in [1.54, 1.807) is 26.0 Å². The number of nitrogens with two attached hydrogens (primary N) is 1. The van der Waals surface area contributed by atoms with E-state index in [4.69, 9.17) is 10.5 Å². The van der Waals surface area contributed by atoms with E-state index >= 15 is 0 Å². The Hall–Kier alpha value is -3.37. The number of carbonyl (C=O) groups excluding carboxylic acids is 2. The number of piperidine rings is 1. The zero-order chi connectivity index (χ0) is 24.7. The lowest BCUT2D eigenvalue weighted by Gasteiger charge is -2.40. The molecule has 2 fully saturated rings. The summed E-state index contributed by atoms with van der Waals surface area (Å²) in [5, 5.41) is 3.03. The lowest BCUT2D eigenvalue weighted by atomic mass is 9.96. The number of rotatable bonds is 6. The van der Waals surface area contributed by atoms with E-state index in [1.807, 2.05) is 0 Å². The Morgan fingerprint density at radius 1 is 1.06 bits per heavy atom. The zero-order valence-electron chi connectivity index (χ0n) is 18.8. The summed E-state index contributed by atoms with van der Waals surface area (Å²) in [6.07, 6.45) is 1.02. The van der Waals surface area contributed by atoms with Gasteiger partial charge in [-0.3, -0.25) is 9.59 Å². The fourth-order valence-corrected chi connectivity index (χ4v) is 4.63. The molecule has 0 aromatic carbocycles. The Morgan fingerprint density at radius 3 is 2.24 bits per heavy atom.